The van der Waals surface area contributed by atoms with Gasteiger partial charge in [-0.15, -0.1) is 0 Å². The predicted molar refractivity (Wildman–Crippen MR) is 95.4 cm³/mol. The van der Waals surface area contributed by atoms with Gasteiger partial charge in [0, 0.05) is 17.5 Å². The summed E-state index contributed by atoms with van der Waals surface area (Å²) in [6.45, 7) is 2.26. The predicted octanol–water partition coefficient (Wildman–Crippen LogP) is 5.15. The first-order valence-electron chi connectivity index (χ1n) is 9.48. The van der Waals surface area contributed by atoms with Crippen LogP contribution in [0.3, 0.4) is 0 Å². The summed E-state index contributed by atoms with van der Waals surface area (Å²) in [7, 11) is 0. The van der Waals surface area contributed by atoms with Crippen LogP contribution in [0.25, 0.3) is 0 Å². The molecule has 0 bridgehead atoms. The molecule has 1 aliphatic heterocycles. The van der Waals surface area contributed by atoms with Crippen LogP contribution >= 0.6 is 11.6 Å². The van der Waals surface area contributed by atoms with E-state index in [-0.39, 0.29) is 0 Å². The van der Waals surface area contributed by atoms with Crippen molar-refractivity contribution in [3.05, 3.63) is 28.8 Å². The molecule has 3 heteroatoms. The Labute approximate surface area is 144 Å². The summed E-state index contributed by atoms with van der Waals surface area (Å²) < 4.78 is 6.66. The second-order valence-electron chi connectivity index (χ2n) is 7.69. The molecule has 2 saturated carbocycles. The van der Waals surface area contributed by atoms with Crippen LogP contribution < -0.4 is 10.1 Å². The highest BCUT2D eigenvalue weighted by Crippen LogP contribution is 2.43. The van der Waals surface area contributed by atoms with Crippen molar-refractivity contribution >= 4 is 11.6 Å². The lowest BCUT2D eigenvalue weighted by Crippen LogP contribution is -2.31. The summed E-state index contributed by atoms with van der Waals surface area (Å²) in [6, 6.07) is 6.30. The fourth-order valence-electron chi connectivity index (χ4n) is 4.47. The summed E-state index contributed by atoms with van der Waals surface area (Å²) >= 11 is 6.31. The number of nitrogens with one attached hydrogen (secondary N) is 1. The van der Waals surface area contributed by atoms with E-state index in [9.17, 15) is 0 Å². The van der Waals surface area contributed by atoms with Crippen LogP contribution in [0.1, 0.15) is 62.8 Å². The smallest absolute Gasteiger partial charge is 0.123 e. The van der Waals surface area contributed by atoms with Gasteiger partial charge in [-0.1, -0.05) is 30.9 Å². The minimum absolute atomic E-state index is 0.397. The van der Waals surface area contributed by atoms with Crippen LogP contribution in [-0.2, 0) is 0 Å². The van der Waals surface area contributed by atoms with Gasteiger partial charge in [-0.3, -0.25) is 0 Å². The van der Waals surface area contributed by atoms with E-state index in [0.717, 1.165) is 29.8 Å². The molecule has 2 aliphatic carbocycles. The molecule has 23 heavy (non-hydrogen) atoms. The average Bonchev–Trinajstić information content (AvgIpc) is 3.28. The van der Waals surface area contributed by atoms with Crippen LogP contribution in [-0.4, -0.2) is 19.2 Å². The van der Waals surface area contributed by atoms with Gasteiger partial charge in [-0.2, -0.15) is 0 Å². The summed E-state index contributed by atoms with van der Waals surface area (Å²) in [5.74, 6) is 3.20. The standard InChI is InChI=1S/C20H28ClNO/c21-17-8-9-19(18(12-17)14-4-2-1-3-5-14)23-20(15-6-7-15)16-10-11-22-13-16/h8-9,12,14-16,20,22H,1-7,10-11,13H2/t16-,20-/m0/s1. The van der Waals surface area contributed by atoms with Crippen LogP contribution in [0.5, 0.6) is 5.75 Å². The maximum absolute atomic E-state index is 6.66. The van der Waals surface area contributed by atoms with Gasteiger partial charge < -0.3 is 10.1 Å². The molecule has 126 valence electrons. The minimum atomic E-state index is 0.397. The highest BCUT2D eigenvalue weighted by atomic mass is 35.5. The molecule has 0 amide bonds. The van der Waals surface area contributed by atoms with Crippen molar-refractivity contribution in [3.63, 3.8) is 0 Å². The monoisotopic (exact) mass is 333 g/mol. The van der Waals surface area contributed by atoms with Crippen LogP contribution in [0.15, 0.2) is 18.2 Å². The van der Waals surface area contributed by atoms with Crippen LogP contribution in [0.4, 0.5) is 0 Å². The Morgan fingerprint density at radius 2 is 1.83 bits per heavy atom. The van der Waals surface area contributed by atoms with Gasteiger partial charge in [0.05, 0.1) is 0 Å². The summed E-state index contributed by atoms with van der Waals surface area (Å²) in [5, 5.41) is 4.36. The maximum atomic E-state index is 6.66. The first-order valence-corrected chi connectivity index (χ1v) is 9.86. The Hall–Kier alpha value is -0.730. The van der Waals surface area contributed by atoms with Crippen molar-refractivity contribution in [1.82, 2.24) is 5.32 Å². The van der Waals surface area contributed by atoms with Gasteiger partial charge in [-0.05, 0) is 74.2 Å². The van der Waals surface area contributed by atoms with E-state index in [1.165, 1.54) is 56.9 Å². The fraction of sp³-hybridized carbons (Fsp3) is 0.700. The molecule has 0 aromatic heterocycles. The first-order chi connectivity index (χ1) is 11.3. The second-order valence-corrected chi connectivity index (χ2v) is 8.13. The first kappa shape index (κ1) is 15.8. The lowest BCUT2D eigenvalue weighted by molar-refractivity contribution is 0.118. The van der Waals surface area contributed by atoms with E-state index in [1.54, 1.807) is 0 Å². The zero-order valence-corrected chi connectivity index (χ0v) is 14.7. The summed E-state index contributed by atoms with van der Waals surface area (Å²) in [6.07, 6.45) is 11.0. The van der Waals surface area contributed by atoms with Gasteiger partial charge in [0.25, 0.3) is 0 Å². The molecule has 1 aromatic rings. The molecular weight excluding hydrogens is 306 g/mol. The molecule has 1 heterocycles. The second kappa shape index (κ2) is 7.03. The third-order valence-corrected chi connectivity index (χ3v) is 6.16. The third kappa shape index (κ3) is 3.69. The highest BCUT2D eigenvalue weighted by molar-refractivity contribution is 6.30. The van der Waals surface area contributed by atoms with Gasteiger partial charge in [0.15, 0.2) is 0 Å². The van der Waals surface area contributed by atoms with Crippen molar-refractivity contribution < 1.29 is 4.74 Å². The third-order valence-electron chi connectivity index (χ3n) is 5.93. The molecule has 0 unspecified atom stereocenters. The Bertz CT molecular complexity index is 530. The zero-order chi connectivity index (χ0) is 15.6. The summed E-state index contributed by atoms with van der Waals surface area (Å²) in [5.41, 5.74) is 1.37. The molecule has 1 N–H and O–H groups in total. The number of ether oxygens (including phenoxy) is 1. The van der Waals surface area contributed by atoms with Crippen molar-refractivity contribution in [2.75, 3.05) is 13.1 Å². The quantitative estimate of drug-likeness (QED) is 0.804. The maximum Gasteiger partial charge on any atom is 0.123 e. The van der Waals surface area contributed by atoms with Crippen LogP contribution in [0.2, 0.25) is 5.02 Å². The lowest BCUT2D eigenvalue weighted by Gasteiger charge is -2.29. The largest absolute Gasteiger partial charge is 0.490 e. The molecule has 3 aliphatic rings. The van der Waals surface area contributed by atoms with E-state index in [4.69, 9.17) is 16.3 Å². The van der Waals surface area contributed by atoms with Gasteiger partial charge in [-0.25, -0.2) is 0 Å². The Morgan fingerprint density at radius 1 is 1.00 bits per heavy atom. The van der Waals surface area contributed by atoms with Crippen LogP contribution in [0, 0.1) is 11.8 Å². The van der Waals surface area contributed by atoms with E-state index in [0.29, 0.717) is 17.9 Å². The molecule has 1 saturated heterocycles. The highest BCUT2D eigenvalue weighted by Gasteiger charge is 2.40. The van der Waals surface area contributed by atoms with E-state index >= 15 is 0 Å². The molecule has 3 fully saturated rings. The van der Waals surface area contributed by atoms with Gasteiger partial charge in [0.1, 0.15) is 11.9 Å². The van der Waals surface area contributed by atoms with Gasteiger partial charge >= 0.3 is 0 Å². The Balaban J connectivity index is 1.56. The lowest BCUT2D eigenvalue weighted by atomic mass is 9.83. The van der Waals surface area contributed by atoms with Crippen molar-refractivity contribution in [2.45, 2.75) is 63.4 Å². The number of halogens is 1. The molecule has 0 spiro atoms. The van der Waals surface area contributed by atoms with Crippen molar-refractivity contribution in [2.24, 2.45) is 11.8 Å². The summed E-state index contributed by atoms with van der Waals surface area (Å²) in [4.78, 5) is 0. The fourth-order valence-corrected chi connectivity index (χ4v) is 4.65. The number of benzene rings is 1. The average molecular weight is 334 g/mol. The van der Waals surface area contributed by atoms with Gasteiger partial charge in [0.2, 0.25) is 0 Å². The number of rotatable bonds is 5. The number of hydrogen-bond acceptors (Lipinski definition) is 2. The normalized spacial score (nSPS) is 27.1. The topological polar surface area (TPSA) is 21.3 Å². The Morgan fingerprint density at radius 3 is 2.52 bits per heavy atom. The van der Waals surface area contributed by atoms with E-state index in [1.807, 2.05) is 6.07 Å². The molecule has 0 radical (unpaired) electrons. The van der Waals surface area contributed by atoms with E-state index < -0.39 is 0 Å². The molecular formula is C20H28ClNO. The van der Waals surface area contributed by atoms with Crippen molar-refractivity contribution in [1.29, 1.82) is 0 Å². The Kier molecular flexibility index (Phi) is 4.82. The molecule has 4 rings (SSSR count). The molecule has 2 nitrogen and oxygen atoms in total. The van der Waals surface area contributed by atoms with Crippen molar-refractivity contribution in [3.8, 4) is 5.75 Å². The van der Waals surface area contributed by atoms with E-state index in [2.05, 4.69) is 17.4 Å². The number of hydrogen-bond donors (Lipinski definition) is 1. The molecule has 2 atom stereocenters. The SMILES string of the molecule is Clc1ccc(O[C@@H](C2CC2)[C@H]2CCNC2)c(C2CCCCC2)c1. The molecule has 1 aromatic carbocycles. The zero-order valence-electron chi connectivity index (χ0n) is 13.9. The minimum Gasteiger partial charge on any atom is -0.490 e.